The van der Waals surface area contributed by atoms with E-state index in [9.17, 15) is 9.59 Å². The highest BCUT2D eigenvalue weighted by Gasteiger charge is 2.59. The topological polar surface area (TPSA) is 65.1 Å². The van der Waals surface area contributed by atoms with E-state index < -0.39 is 30.3 Å². The Bertz CT molecular complexity index is 762. The summed E-state index contributed by atoms with van der Waals surface area (Å²) in [6.07, 6.45) is 4.06. The third kappa shape index (κ3) is 5.14. The number of esters is 1. The number of carbonyl (C=O) groups excluding carboxylic acids is 2. The van der Waals surface area contributed by atoms with Crippen LogP contribution in [0.25, 0.3) is 0 Å². The van der Waals surface area contributed by atoms with Crippen molar-refractivity contribution in [2.45, 2.75) is 65.8 Å². The van der Waals surface area contributed by atoms with Crippen LogP contribution in [-0.4, -0.2) is 48.4 Å². The molecule has 1 aliphatic heterocycles. The van der Waals surface area contributed by atoms with Crippen LogP contribution in [0.5, 0.6) is 0 Å². The summed E-state index contributed by atoms with van der Waals surface area (Å²) < 4.78 is 17.0. The van der Waals surface area contributed by atoms with E-state index in [2.05, 4.69) is 5.92 Å². The van der Waals surface area contributed by atoms with Gasteiger partial charge in [0.15, 0.2) is 0 Å². The molecule has 1 aromatic carbocycles. The van der Waals surface area contributed by atoms with E-state index in [1.807, 2.05) is 51.1 Å². The minimum absolute atomic E-state index is 0.0726. The molecule has 0 saturated carbocycles. The Hall–Kier alpha value is -2.52. The lowest BCUT2D eigenvalue weighted by atomic mass is 9.73. The number of likely N-dealkylation sites (tertiary alicyclic amines) is 1. The van der Waals surface area contributed by atoms with Gasteiger partial charge in [-0.05, 0) is 31.7 Å². The summed E-state index contributed by atoms with van der Waals surface area (Å²) in [4.78, 5) is 27.9. The molecule has 1 saturated heterocycles. The number of hydrogen-bond acceptors (Lipinski definition) is 5. The zero-order valence-corrected chi connectivity index (χ0v) is 18.8. The number of amides is 1. The Kier molecular flexibility index (Phi) is 7.91. The van der Waals surface area contributed by atoms with Crippen molar-refractivity contribution in [2.75, 3.05) is 13.2 Å². The summed E-state index contributed by atoms with van der Waals surface area (Å²) in [5.74, 6) is 1.69. The van der Waals surface area contributed by atoms with Gasteiger partial charge in [0.1, 0.15) is 12.6 Å². The van der Waals surface area contributed by atoms with Crippen molar-refractivity contribution in [3.8, 4) is 12.3 Å². The molecule has 0 N–H and O–H groups in total. The van der Waals surface area contributed by atoms with Gasteiger partial charge < -0.3 is 14.2 Å². The Labute approximate surface area is 179 Å². The highest BCUT2D eigenvalue weighted by molar-refractivity contribution is 5.83. The van der Waals surface area contributed by atoms with Crippen LogP contribution in [0.2, 0.25) is 0 Å². The van der Waals surface area contributed by atoms with E-state index in [1.165, 1.54) is 4.90 Å². The fourth-order valence-corrected chi connectivity index (χ4v) is 4.16. The smallest absolute Gasteiger partial charge is 0.411 e. The maximum atomic E-state index is 13.3. The number of ether oxygens (including phenoxy) is 3. The van der Waals surface area contributed by atoms with Gasteiger partial charge in [0.2, 0.25) is 0 Å². The summed E-state index contributed by atoms with van der Waals surface area (Å²) in [7, 11) is 0. The fourth-order valence-electron chi connectivity index (χ4n) is 4.16. The average Bonchev–Trinajstić information content (AvgIpc) is 3.02. The van der Waals surface area contributed by atoms with E-state index in [4.69, 9.17) is 20.6 Å². The van der Waals surface area contributed by atoms with Crippen LogP contribution in [-0.2, 0) is 19.0 Å². The Morgan fingerprint density at radius 1 is 1.20 bits per heavy atom. The minimum Gasteiger partial charge on any atom is -0.464 e. The largest absolute Gasteiger partial charge is 0.464 e. The molecule has 6 nitrogen and oxygen atoms in total. The molecule has 1 aromatic rings. The first kappa shape index (κ1) is 23.8. The summed E-state index contributed by atoms with van der Waals surface area (Å²) >= 11 is 0. The molecule has 0 aliphatic carbocycles. The van der Waals surface area contributed by atoms with Crippen LogP contribution >= 0.6 is 0 Å². The van der Waals surface area contributed by atoms with Crippen LogP contribution < -0.4 is 0 Å². The number of terminal acetylenes is 1. The van der Waals surface area contributed by atoms with Gasteiger partial charge in [-0.25, -0.2) is 9.59 Å². The lowest BCUT2D eigenvalue weighted by Gasteiger charge is -2.35. The second-order valence-corrected chi connectivity index (χ2v) is 8.76. The molecule has 0 aromatic heterocycles. The first-order valence-electron chi connectivity index (χ1n) is 10.4. The molecule has 1 fully saturated rings. The van der Waals surface area contributed by atoms with Gasteiger partial charge in [-0.3, -0.25) is 4.90 Å². The third-order valence-electron chi connectivity index (χ3n) is 5.18. The number of benzene rings is 1. The van der Waals surface area contributed by atoms with Crippen molar-refractivity contribution in [3.63, 3.8) is 0 Å². The lowest BCUT2D eigenvalue weighted by Crippen LogP contribution is -2.48. The Balaban J connectivity index is 2.69. The molecular weight excluding hydrogens is 382 g/mol. The molecule has 2 rings (SSSR count). The number of rotatable bonds is 6. The van der Waals surface area contributed by atoms with Gasteiger partial charge >= 0.3 is 12.1 Å². The van der Waals surface area contributed by atoms with Crippen LogP contribution in [0, 0.1) is 23.7 Å². The van der Waals surface area contributed by atoms with Gasteiger partial charge in [0.05, 0.1) is 24.9 Å². The summed E-state index contributed by atoms with van der Waals surface area (Å²) in [6.45, 7) is 11.7. The Morgan fingerprint density at radius 3 is 2.33 bits per heavy atom. The standard InChI is InChI=1S/C24H33NO5/c1-8-15-29-21-18(24(5,6)7)20(22(26)28-9-2)25(23(27)30-16(3)4)19(21)17-13-11-10-12-14-17/h1,10-14,16,18-21H,9,15H2,2-7H3/t18-,19+,20+,21+/m1/s1. The van der Waals surface area contributed by atoms with Crippen LogP contribution in [0.1, 0.15) is 53.1 Å². The third-order valence-corrected chi connectivity index (χ3v) is 5.18. The maximum Gasteiger partial charge on any atom is 0.411 e. The maximum absolute atomic E-state index is 13.3. The SMILES string of the molecule is C#CCO[C@H]1[C@H](C(C)(C)C)[C@@H](C(=O)OCC)N(C(=O)OC(C)C)[C@H]1c1ccccc1. The van der Waals surface area contributed by atoms with Gasteiger partial charge in [0, 0.05) is 5.92 Å². The molecule has 1 aliphatic rings. The van der Waals surface area contributed by atoms with E-state index in [1.54, 1.807) is 20.8 Å². The van der Waals surface area contributed by atoms with E-state index in [0.29, 0.717) is 0 Å². The van der Waals surface area contributed by atoms with Crippen molar-refractivity contribution in [3.05, 3.63) is 35.9 Å². The van der Waals surface area contributed by atoms with Crippen molar-refractivity contribution in [1.82, 2.24) is 4.90 Å². The predicted octanol–water partition coefficient (Wildman–Crippen LogP) is 4.20. The summed E-state index contributed by atoms with van der Waals surface area (Å²) in [5, 5.41) is 0. The zero-order valence-electron chi connectivity index (χ0n) is 18.8. The lowest BCUT2D eigenvalue weighted by molar-refractivity contribution is -0.151. The summed E-state index contributed by atoms with van der Waals surface area (Å²) in [6, 6.07) is 8.12. The molecule has 4 atom stereocenters. The molecule has 164 valence electrons. The highest BCUT2D eigenvalue weighted by Crippen LogP contribution is 2.49. The van der Waals surface area contributed by atoms with E-state index >= 15 is 0 Å². The molecule has 0 spiro atoms. The minimum atomic E-state index is -0.857. The normalized spacial score (nSPS) is 23.9. The van der Waals surface area contributed by atoms with Gasteiger partial charge in [-0.2, -0.15) is 0 Å². The predicted molar refractivity (Wildman–Crippen MR) is 115 cm³/mol. The first-order chi connectivity index (χ1) is 14.1. The second kappa shape index (κ2) is 9.99. The van der Waals surface area contributed by atoms with Crippen LogP contribution in [0.15, 0.2) is 30.3 Å². The van der Waals surface area contributed by atoms with Crippen LogP contribution in [0.3, 0.4) is 0 Å². The van der Waals surface area contributed by atoms with Crippen molar-refractivity contribution in [1.29, 1.82) is 0 Å². The van der Waals surface area contributed by atoms with Crippen LogP contribution in [0.4, 0.5) is 4.79 Å². The second-order valence-electron chi connectivity index (χ2n) is 8.76. The molecule has 1 heterocycles. The molecule has 30 heavy (non-hydrogen) atoms. The zero-order chi connectivity index (χ0) is 22.5. The molecule has 6 heteroatoms. The number of nitrogens with zero attached hydrogens (tertiary/aromatic N) is 1. The molecule has 0 bridgehead atoms. The molecule has 1 amide bonds. The van der Waals surface area contributed by atoms with E-state index in [-0.39, 0.29) is 30.7 Å². The first-order valence-corrected chi connectivity index (χ1v) is 10.4. The monoisotopic (exact) mass is 415 g/mol. The fraction of sp³-hybridized carbons (Fsp3) is 0.583. The molecule has 0 unspecified atom stereocenters. The summed E-state index contributed by atoms with van der Waals surface area (Å²) in [5.41, 5.74) is 0.470. The van der Waals surface area contributed by atoms with Gasteiger partial charge in [0.25, 0.3) is 0 Å². The van der Waals surface area contributed by atoms with E-state index in [0.717, 1.165) is 5.56 Å². The van der Waals surface area contributed by atoms with Gasteiger partial charge in [-0.1, -0.05) is 57.0 Å². The van der Waals surface area contributed by atoms with Gasteiger partial charge in [-0.15, -0.1) is 6.42 Å². The Morgan fingerprint density at radius 2 is 1.83 bits per heavy atom. The average molecular weight is 416 g/mol. The quantitative estimate of drug-likeness (QED) is 0.515. The van der Waals surface area contributed by atoms with Crippen molar-refractivity contribution >= 4 is 12.1 Å². The molecular formula is C24H33NO5. The highest BCUT2D eigenvalue weighted by atomic mass is 16.6. The number of hydrogen-bond donors (Lipinski definition) is 0. The van der Waals surface area contributed by atoms with Crippen molar-refractivity contribution in [2.24, 2.45) is 11.3 Å². The number of carbonyl (C=O) groups is 2. The molecule has 0 radical (unpaired) electrons. The van der Waals surface area contributed by atoms with Crippen molar-refractivity contribution < 1.29 is 23.8 Å².